The van der Waals surface area contributed by atoms with Gasteiger partial charge in [0, 0.05) is 17.3 Å². The second-order valence-corrected chi connectivity index (χ2v) is 14.5. The van der Waals surface area contributed by atoms with E-state index in [0.29, 0.717) is 6.67 Å². The average Bonchev–Trinajstić information content (AvgIpc) is 3.78. The van der Waals surface area contributed by atoms with Gasteiger partial charge in [0.25, 0.3) is 6.33 Å². The number of aromatic nitrogens is 2. The van der Waals surface area contributed by atoms with Crippen molar-refractivity contribution in [2.45, 2.75) is 26.2 Å². The largest absolute Gasteiger partial charge is 0.458 e. The summed E-state index contributed by atoms with van der Waals surface area (Å²) in [7, 11) is 0. The van der Waals surface area contributed by atoms with E-state index < -0.39 is 0 Å². The van der Waals surface area contributed by atoms with Gasteiger partial charge in [-0.25, -0.2) is 0 Å². The van der Waals surface area contributed by atoms with Crippen LogP contribution in [0, 0.1) is 6.33 Å². The van der Waals surface area contributed by atoms with Gasteiger partial charge in [0.05, 0.1) is 39.5 Å². The molecule has 9 rings (SSSR count). The number of imidazole rings is 1. The molecule has 0 amide bonds. The van der Waals surface area contributed by atoms with Crippen LogP contribution < -0.4 is 19.1 Å². The Morgan fingerprint density at radius 1 is 0.547 bits per heavy atom. The minimum Gasteiger partial charge on any atom is -0.458 e. The normalized spacial score (nSPS) is 12.7. The summed E-state index contributed by atoms with van der Waals surface area (Å²) < 4.78 is 10.8. The molecule has 1 aromatic heterocycles. The predicted octanol–water partition coefficient (Wildman–Crippen LogP) is 11.7. The Morgan fingerprint density at radius 2 is 1.17 bits per heavy atom. The van der Waals surface area contributed by atoms with E-state index in [9.17, 15) is 0 Å². The molecule has 1 aliphatic heterocycles. The fraction of sp³-hybridized carbons (Fsp3) is 0.104. The van der Waals surface area contributed by atoms with Gasteiger partial charge >= 0.3 is 0 Å². The molecule has 1 aliphatic rings. The van der Waals surface area contributed by atoms with Crippen molar-refractivity contribution >= 4 is 33.8 Å². The first-order valence-electron chi connectivity index (χ1n) is 18.1. The number of hydrogen-bond donors (Lipinski definition) is 0. The lowest BCUT2D eigenvalue weighted by molar-refractivity contribution is -0.572. The van der Waals surface area contributed by atoms with Gasteiger partial charge in [-0.15, -0.1) is 0 Å². The lowest BCUT2D eigenvalue weighted by atomic mass is 9.85. The summed E-state index contributed by atoms with van der Waals surface area (Å²) in [6.45, 7) is 7.50. The summed E-state index contributed by atoms with van der Waals surface area (Å²) in [6, 6.07) is 61.7. The third kappa shape index (κ3) is 6.10. The highest BCUT2D eigenvalue weighted by Crippen LogP contribution is 2.48. The molecule has 0 saturated carbocycles. The van der Waals surface area contributed by atoms with E-state index in [1.807, 2.05) is 24.3 Å². The van der Waals surface area contributed by atoms with Crippen molar-refractivity contribution in [2.75, 3.05) is 16.5 Å². The van der Waals surface area contributed by atoms with E-state index in [4.69, 9.17) is 4.74 Å². The molecule has 0 N–H and O–H groups in total. The first-order valence-corrected chi connectivity index (χ1v) is 18.1. The SMILES string of the molecule is CC(C)(C)c1ccc(-c2ccccc2)c(N2CN(c3cccc(Oc4cccc(-n5[c-][n+](-c6ccccc6)c6ccccc65)c4)c3)c3ccccc32)c1. The van der Waals surface area contributed by atoms with E-state index in [2.05, 4.69) is 198 Å². The molecule has 0 unspecified atom stereocenters. The van der Waals surface area contributed by atoms with Gasteiger partial charge in [-0.05, 0) is 77.2 Å². The second kappa shape index (κ2) is 13.2. The summed E-state index contributed by atoms with van der Waals surface area (Å²) in [4.78, 5) is 4.82. The van der Waals surface area contributed by atoms with Gasteiger partial charge in [-0.1, -0.05) is 130 Å². The Balaban J connectivity index is 1.05. The Bertz CT molecular complexity index is 2570. The number of fused-ring (bicyclic) bond motifs is 2. The van der Waals surface area contributed by atoms with Crippen LogP contribution in [-0.2, 0) is 5.41 Å². The third-order valence-corrected chi connectivity index (χ3v) is 10.0. The molecule has 5 nitrogen and oxygen atoms in total. The third-order valence-electron chi connectivity index (χ3n) is 10.0. The number of nitrogens with zero attached hydrogens (tertiary/aromatic N) is 4. The van der Waals surface area contributed by atoms with Crippen LogP contribution in [0.5, 0.6) is 11.5 Å². The van der Waals surface area contributed by atoms with Crippen molar-refractivity contribution in [3.05, 3.63) is 188 Å². The van der Waals surface area contributed by atoms with Crippen LogP contribution in [0.3, 0.4) is 0 Å². The van der Waals surface area contributed by atoms with Crippen LogP contribution in [0.2, 0.25) is 0 Å². The summed E-state index contributed by atoms with van der Waals surface area (Å²) in [5.74, 6) is 1.53. The topological polar surface area (TPSA) is 24.5 Å². The summed E-state index contributed by atoms with van der Waals surface area (Å²) >= 11 is 0. The number of para-hydroxylation sites is 5. The lowest BCUT2D eigenvalue weighted by Crippen LogP contribution is -2.29. The zero-order chi connectivity index (χ0) is 35.9. The average molecular weight is 689 g/mol. The molecule has 8 aromatic rings. The summed E-state index contributed by atoms with van der Waals surface area (Å²) in [5, 5.41) is 0. The maximum atomic E-state index is 6.60. The van der Waals surface area contributed by atoms with Crippen molar-refractivity contribution in [2.24, 2.45) is 0 Å². The minimum atomic E-state index is 0.0153. The Kier molecular flexibility index (Phi) is 8.04. The Morgan fingerprint density at radius 3 is 1.91 bits per heavy atom. The number of ether oxygens (including phenoxy) is 1. The highest BCUT2D eigenvalue weighted by molar-refractivity contribution is 5.92. The maximum Gasteiger partial charge on any atom is 0.269 e. The quantitative estimate of drug-likeness (QED) is 0.123. The standard InChI is InChI=1S/C48H40N4O/c1-48(2,3)36-28-29-42(35-16-6-4-7-17-35)47(30-36)52-34-51(45-26-12-13-27-46(45)52)39-21-15-23-41(32-39)53-40-22-14-20-38(31-40)50-33-49(37-18-8-5-9-19-37)43-24-10-11-25-44(43)50/h4-32H,34H2,1-3H3. The predicted molar refractivity (Wildman–Crippen MR) is 216 cm³/mol. The molecule has 53 heavy (non-hydrogen) atoms. The van der Waals surface area contributed by atoms with Gasteiger partial charge in [0.15, 0.2) is 0 Å². The van der Waals surface area contributed by atoms with Crippen LogP contribution in [0.1, 0.15) is 26.3 Å². The van der Waals surface area contributed by atoms with Crippen LogP contribution >= 0.6 is 0 Å². The lowest BCUT2D eigenvalue weighted by Gasteiger charge is -2.27. The molecule has 7 aromatic carbocycles. The zero-order valence-electron chi connectivity index (χ0n) is 30.1. The van der Waals surface area contributed by atoms with Crippen LogP contribution in [0.15, 0.2) is 176 Å². The fourth-order valence-electron chi connectivity index (χ4n) is 7.28. The van der Waals surface area contributed by atoms with E-state index in [-0.39, 0.29) is 5.41 Å². The van der Waals surface area contributed by atoms with E-state index >= 15 is 0 Å². The molecule has 0 atom stereocenters. The van der Waals surface area contributed by atoms with E-state index in [0.717, 1.165) is 45.3 Å². The molecule has 5 heteroatoms. The van der Waals surface area contributed by atoms with Gasteiger partial charge in [-0.2, -0.15) is 0 Å². The number of benzene rings is 7. The highest BCUT2D eigenvalue weighted by atomic mass is 16.5. The molecule has 258 valence electrons. The number of hydrogen-bond acceptors (Lipinski definition) is 3. The first kappa shape index (κ1) is 32.3. The molecular formula is C48H40N4O. The van der Waals surface area contributed by atoms with Crippen LogP contribution in [-0.4, -0.2) is 11.2 Å². The van der Waals surface area contributed by atoms with Crippen LogP contribution in [0.25, 0.3) is 33.5 Å². The molecule has 0 spiro atoms. The summed E-state index contributed by atoms with van der Waals surface area (Å²) in [6.07, 6.45) is 3.58. The monoisotopic (exact) mass is 688 g/mol. The molecule has 2 heterocycles. The van der Waals surface area contributed by atoms with Crippen molar-refractivity contribution in [3.8, 4) is 34.0 Å². The molecule has 0 fully saturated rings. The Hall–Kier alpha value is -6.59. The van der Waals surface area contributed by atoms with Gasteiger partial charge in [0.2, 0.25) is 0 Å². The maximum absolute atomic E-state index is 6.60. The number of anilines is 4. The van der Waals surface area contributed by atoms with Gasteiger partial charge in [0.1, 0.15) is 18.2 Å². The van der Waals surface area contributed by atoms with E-state index in [1.54, 1.807) is 0 Å². The molecule has 0 bridgehead atoms. The minimum absolute atomic E-state index is 0.0153. The Labute approximate surface area is 311 Å². The highest BCUT2D eigenvalue weighted by Gasteiger charge is 2.30. The van der Waals surface area contributed by atoms with Gasteiger partial charge in [-0.3, -0.25) is 9.13 Å². The first-order chi connectivity index (χ1) is 25.9. The smallest absolute Gasteiger partial charge is 0.269 e. The molecule has 0 saturated heterocycles. The van der Waals surface area contributed by atoms with Crippen molar-refractivity contribution in [1.82, 2.24) is 4.57 Å². The zero-order valence-corrected chi connectivity index (χ0v) is 30.1. The molecular weight excluding hydrogens is 649 g/mol. The molecule has 0 aliphatic carbocycles. The number of rotatable bonds is 7. The fourth-order valence-corrected chi connectivity index (χ4v) is 7.28. The van der Waals surface area contributed by atoms with Gasteiger partial charge < -0.3 is 14.5 Å². The van der Waals surface area contributed by atoms with Crippen LogP contribution in [0.4, 0.5) is 22.7 Å². The summed E-state index contributed by atoms with van der Waals surface area (Å²) in [5.41, 5.74) is 12.5. The van der Waals surface area contributed by atoms with Crippen molar-refractivity contribution in [3.63, 3.8) is 0 Å². The molecule has 0 radical (unpaired) electrons. The van der Waals surface area contributed by atoms with E-state index in [1.165, 1.54) is 28.1 Å². The van der Waals surface area contributed by atoms with Crippen molar-refractivity contribution in [1.29, 1.82) is 0 Å². The van der Waals surface area contributed by atoms with Crippen molar-refractivity contribution < 1.29 is 9.30 Å². The second-order valence-electron chi connectivity index (χ2n) is 14.5.